The van der Waals surface area contributed by atoms with Crippen LogP contribution < -0.4 is 28.7 Å². The number of nitrogens with one attached hydrogen (secondary N) is 2. The first-order chi connectivity index (χ1) is 39.3. The number of carbonyl (C=O) groups excluding carboxylic acids is 2. The number of aliphatic hydroxyl groups is 2. The van der Waals surface area contributed by atoms with Crippen LogP contribution in [-0.4, -0.2) is 101 Å². The predicted octanol–water partition coefficient (Wildman–Crippen LogP) is 10.8. The van der Waals surface area contributed by atoms with Crippen molar-refractivity contribution in [1.82, 2.24) is 9.44 Å². The molecule has 4 bridgehead atoms. The summed E-state index contributed by atoms with van der Waals surface area (Å²) in [6, 6.07) is 22.9. The first kappa shape index (κ1) is 58.8. The van der Waals surface area contributed by atoms with E-state index in [0.29, 0.717) is 72.4 Å². The third-order valence-corrected chi connectivity index (χ3v) is 25.6. The van der Waals surface area contributed by atoms with Crippen LogP contribution in [0.5, 0.6) is 11.5 Å². The SMILES string of the molecule is C.C[C@@H]1CC[C@@H]2C[C@H]2[C@H](O)[C@@H]2CC[C@H]2CN2C[C@@]3(CCCc4cc(Cl)ccc43)COc3ccc(cc32)C(=O)NS1(=O)=O.C[C@@H]1CC[C@H]2C[C@@H]2[C@H](O)[C@@H]2CC[C@H]2CN2C[C@@]3(CCCc4cc(Cl)ccc43)COc3ccc(cc32)C(=O)NS1(=O)=O. The van der Waals surface area contributed by atoms with E-state index in [9.17, 15) is 36.6 Å². The highest BCUT2D eigenvalue weighted by molar-refractivity contribution is 7.91. The summed E-state index contributed by atoms with van der Waals surface area (Å²) in [7, 11) is -7.66. The predicted molar refractivity (Wildman–Crippen MR) is 325 cm³/mol. The van der Waals surface area contributed by atoms with Crippen molar-refractivity contribution in [3.63, 3.8) is 0 Å². The van der Waals surface area contributed by atoms with E-state index in [-0.39, 0.29) is 54.1 Å². The van der Waals surface area contributed by atoms with Gasteiger partial charge in [0, 0.05) is 58.2 Å². The van der Waals surface area contributed by atoms with E-state index in [4.69, 9.17) is 32.7 Å². The van der Waals surface area contributed by atoms with Gasteiger partial charge in [-0.05, 0) is 247 Å². The molecular weight excluding hydrogens is 1130 g/mol. The molecule has 4 aliphatic heterocycles. The number of ether oxygens (including phenoxy) is 2. The minimum Gasteiger partial charge on any atom is -0.490 e. The number of anilines is 2. The molecule has 0 radical (unpaired) electrons. The molecule has 4 aromatic rings. The smallest absolute Gasteiger partial charge is 0.264 e. The van der Waals surface area contributed by atoms with Gasteiger partial charge in [0.25, 0.3) is 11.8 Å². The third kappa shape index (κ3) is 11.3. The van der Waals surface area contributed by atoms with Crippen molar-refractivity contribution in [1.29, 1.82) is 0 Å². The Hall–Kier alpha value is -4.58. The first-order valence-corrected chi connectivity index (χ1v) is 34.2. The molecule has 4 heterocycles. The maximum absolute atomic E-state index is 13.3. The van der Waals surface area contributed by atoms with E-state index in [1.54, 1.807) is 38.1 Å². The Labute approximate surface area is 500 Å². The zero-order chi connectivity index (χ0) is 57.0. The van der Waals surface area contributed by atoms with Gasteiger partial charge in [-0.3, -0.25) is 9.59 Å². The van der Waals surface area contributed by atoms with E-state index in [1.165, 1.54) is 22.3 Å². The van der Waals surface area contributed by atoms with Gasteiger partial charge in [-0.2, -0.15) is 0 Å². The first-order valence-electron chi connectivity index (χ1n) is 30.4. The van der Waals surface area contributed by atoms with Crippen LogP contribution in [-0.2, 0) is 43.7 Å². The molecule has 2 spiro atoms. The summed E-state index contributed by atoms with van der Waals surface area (Å²) in [4.78, 5) is 31.3. The molecular formula is C65H82Cl2N4O10S2. The van der Waals surface area contributed by atoms with Crippen LogP contribution in [0.3, 0.4) is 0 Å². The Bertz CT molecular complexity index is 3180. The number of hydrogen-bond donors (Lipinski definition) is 4. The van der Waals surface area contributed by atoms with Crippen molar-refractivity contribution in [3.8, 4) is 11.5 Å². The highest BCUT2D eigenvalue weighted by Crippen LogP contribution is 2.55. The van der Waals surface area contributed by atoms with Crippen LogP contribution >= 0.6 is 23.2 Å². The van der Waals surface area contributed by atoms with Gasteiger partial charge in [0.2, 0.25) is 20.0 Å². The summed E-state index contributed by atoms with van der Waals surface area (Å²) in [6.45, 7) is 7.33. The Morgan fingerprint density at radius 2 is 0.952 bits per heavy atom. The normalized spacial score (nSPS) is 35.5. The summed E-state index contributed by atoms with van der Waals surface area (Å²) < 4.78 is 70.0. The van der Waals surface area contributed by atoms with Gasteiger partial charge >= 0.3 is 0 Å². The number of rotatable bonds is 0. The van der Waals surface area contributed by atoms with Crippen LogP contribution in [0.15, 0.2) is 72.8 Å². The number of carbonyl (C=O) groups is 2. The number of aliphatic hydroxyl groups excluding tert-OH is 2. The lowest BCUT2D eigenvalue weighted by Gasteiger charge is -2.46. The van der Waals surface area contributed by atoms with E-state index < -0.39 is 42.4 Å². The van der Waals surface area contributed by atoms with Gasteiger partial charge < -0.3 is 29.5 Å². The quantitative estimate of drug-likeness (QED) is 0.130. The van der Waals surface area contributed by atoms with Crippen LogP contribution in [0.25, 0.3) is 0 Å². The molecule has 2 amide bonds. The molecule has 14 rings (SSSR count). The highest BCUT2D eigenvalue weighted by atomic mass is 35.5. The Balaban J connectivity index is 0.000000162. The third-order valence-electron chi connectivity index (χ3n) is 21.6. The lowest BCUT2D eigenvalue weighted by Crippen LogP contribution is -2.50. The van der Waals surface area contributed by atoms with E-state index in [0.717, 1.165) is 137 Å². The number of aryl methyl sites for hydroxylation is 2. The van der Waals surface area contributed by atoms with Crippen molar-refractivity contribution in [2.75, 3.05) is 49.2 Å². The zero-order valence-electron chi connectivity index (χ0n) is 47.0. The number of benzene rings is 4. The number of amides is 2. The second-order valence-corrected chi connectivity index (χ2v) is 31.7. The lowest BCUT2D eigenvalue weighted by atomic mass is 9.68. The van der Waals surface area contributed by atoms with Crippen LogP contribution in [0.1, 0.15) is 154 Å². The molecule has 0 saturated heterocycles. The molecule has 4 saturated carbocycles. The summed E-state index contributed by atoms with van der Waals surface area (Å²) in [5.41, 5.74) is 6.85. The molecule has 18 heteroatoms. The van der Waals surface area contributed by atoms with Crippen molar-refractivity contribution in [2.45, 2.75) is 158 Å². The number of hydrogen-bond acceptors (Lipinski definition) is 12. The molecule has 4 aromatic carbocycles. The molecule has 14 nitrogen and oxygen atoms in total. The molecule has 448 valence electrons. The van der Waals surface area contributed by atoms with Crippen molar-refractivity contribution >= 4 is 66.4 Å². The molecule has 6 aliphatic carbocycles. The Kier molecular flexibility index (Phi) is 16.0. The largest absolute Gasteiger partial charge is 0.490 e. The second kappa shape index (κ2) is 22.6. The maximum atomic E-state index is 13.3. The van der Waals surface area contributed by atoms with Crippen LogP contribution in [0.4, 0.5) is 11.4 Å². The number of fused-ring (bicyclic) bond motifs is 10. The summed E-state index contributed by atoms with van der Waals surface area (Å²) in [5.74, 6) is 2.58. The standard InChI is InChI=1S/2C32H39ClN2O5S.CH4/c2*1-19-4-5-20-14-26(20)30(36)25-9-6-23(25)16-35-17-32(12-2-3-21-13-24(33)8-10-27(21)32)18-40-29-11-7-22(15-28(29)35)31(37)34-41(19,38)39;/h2*7-8,10-11,13,15,19-20,23,25-26,30,36H,2-6,9,12,14,16-18H2,1H3,(H,34,37);1H4/t19-,20+,23+,25-,26+,30-,32+;19-,20-,23+,25-,26-,30-,32+;/m11./s1. The van der Waals surface area contributed by atoms with Crippen molar-refractivity contribution in [2.24, 2.45) is 47.3 Å². The number of halogens is 2. The average molecular weight is 1210 g/mol. The van der Waals surface area contributed by atoms with Crippen LogP contribution in [0, 0.1) is 47.3 Å². The Morgan fingerprint density at radius 3 is 1.35 bits per heavy atom. The molecule has 4 N–H and O–H groups in total. The summed E-state index contributed by atoms with van der Waals surface area (Å²) in [5, 5.41) is 22.9. The van der Waals surface area contributed by atoms with Gasteiger partial charge in [-0.1, -0.05) is 42.8 Å². The minimum absolute atomic E-state index is 0. The van der Waals surface area contributed by atoms with Gasteiger partial charge in [-0.25, -0.2) is 26.3 Å². The van der Waals surface area contributed by atoms with Crippen molar-refractivity contribution < 1.29 is 46.1 Å². The molecule has 0 unspecified atom stereocenters. The van der Waals surface area contributed by atoms with Gasteiger partial charge in [0.05, 0.1) is 47.3 Å². The molecule has 4 fully saturated rings. The van der Waals surface area contributed by atoms with E-state index >= 15 is 0 Å². The fourth-order valence-corrected chi connectivity index (χ4v) is 18.5. The summed E-state index contributed by atoms with van der Waals surface area (Å²) in [6.07, 6.45) is 13.9. The minimum atomic E-state index is -3.83. The Morgan fingerprint density at radius 1 is 0.542 bits per heavy atom. The number of sulfonamides is 2. The van der Waals surface area contributed by atoms with Gasteiger partial charge in [0.15, 0.2) is 0 Å². The second-order valence-electron chi connectivity index (χ2n) is 26.6. The summed E-state index contributed by atoms with van der Waals surface area (Å²) >= 11 is 12.8. The van der Waals surface area contributed by atoms with E-state index in [1.807, 2.05) is 24.3 Å². The van der Waals surface area contributed by atoms with E-state index in [2.05, 4.69) is 43.5 Å². The maximum Gasteiger partial charge on any atom is 0.264 e. The topological polar surface area (TPSA) is 192 Å². The fourth-order valence-electron chi connectivity index (χ4n) is 16.1. The average Bonchev–Trinajstić information content (AvgIpc) is 3.66. The van der Waals surface area contributed by atoms with Gasteiger partial charge in [-0.15, -0.1) is 0 Å². The number of nitrogens with zero attached hydrogens (tertiary/aromatic N) is 2. The molecule has 0 aromatic heterocycles. The molecule has 14 atom stereocenters. The highest BCUT2D eigenvalue weighted by Gasteiger charge is 2.53. The monoisotopic (exact) mass is 1210 g/mol. The molecule has 10 aliphatic rings. The van der Waals surface area contributed by atoms with Gasteiger partial charge in [0.1, 0.15) is 11.5 Å². The zero-order valence-corrected chi connectivity index (χ0v) is 50.2. The lowest BCUT2D eigenvalue weighted by molar-refractivity contribution is -0.00200. The van der Waals surface area contributed by atoms with Crippen molar-refractivity contribution in [3.05, 3.63) is 116 Å². The fraction of sp³-hybridized carbons (Fsp3) is 0.600. The molecule has 83 heavy (non-hydrogen) atoms. The van der Waals surface area contributed by atoms with Crippen LogP contribution in [0.2, 0.25) is 10.0 Å².